The van der Waals surface area contributed by atoms with E-state index in [0.717, 1.165) is 11.1 Å². The predicted molar refractivity (Wildman–Crippen MR) is 71.6 cm³/mol. The summed E-state index contributed by atoms with van der Waals surface area (Å²) in [6.07, 6.45) is 3.49. The van der Waals surface area contributed by atoms with Gasteiger partial charge in [-0.15, -0.1) is 0 Å². The van der Waals surface area contributed by atoms with Crippen molar-refractivity contribution in [3.63, 3.8) is 0 Å². The van der Waals surface area contributed by atoms with E-state index in [1.54, 1.807) is 6.20 Å². The van der Waals surface area contributed by atoms with Crippen LogP contribution in [0.5, 0.6) is 0 Å². The lowest BCUT2D eigenvalue weighted by atomic mass is 10.1. The van der Waals surface area contributed by atoms with Gasteiger partial charge in [-0.05, 0) is 35.9 Å². The fraction of sp³-hybridized carbons (Fsp3) is 0. The van der Waals surface area contributed by atoms with Crippen molar-refractivity contribution in [2.45, 2.75) is 0 Å². The number of carbonyl (C=O) groups excluding carboxylic acids is 1. The topological polar surface area (TPSA) is 68.0 Å². The maximum absolute atomic E-state index is 11.9. The monoisotopic (exact) mass is 237 g/mol. The highest BCUT2D eigenvalue weighted by Crippen LogP contribution is 2.30. The third kappa shape index (κ3) is 1.73. The molecule has 0 atom stereocenters. The predicted octanol–water partition coefficient (Wildman–Crippen LogP) is 2.16. The number of rotatable bonds is 1. The number of anilines is 2. The Morgan fingerprint density at radius 3 is 2.72 bits per heavy atom. The summed E-state index contributed by atoms with van der Waals surface area (Å²) in [6.45, 7) is 0. The Labute approximate surface area is 104 Å². The summed E-state index contributed by atoms with van der Waals surface area (Å²) in [5, 5.41) is 2.74. The molecule has 0 radical (unpaired) electrons. The summed E-state index contributed by atoms with van der Waals surface area (Å²) in [7, 11) is 0. The Morgan fingerprint density at radius 2 is 1.94 bits per heavy atom. The molecule has 0 unspecified atom stereocenters. The number of aromatic nitrogens is 1. The number of nitrogens with two attached hydrogens (primary N) is 1. The first-order valence-electron chi connectivity index (χ1n) is 5.58. The van der Waals surface area contributed by atoms with E-state index in [0.29, 0.717) is 17.1 Å². The highest BCUT2D eigenvalue weighted by atomic mass is 16.2. The summed E-state index contributed by atoms with van der Waals surface area (Å²) in [5.41, 5.74) is 8.73. The molecule has 0 bridgehead atoms. The van der Waals surface area contributed by atoms with Gasteiger partial charge in [0.25, 0.3) is 5.91 Å². The molecule has 2 heterocycles. The summed E-state index contributed by atoms with van der Waals surface area (Å²) in [6, 6.07) is 11.1. The number of hydrogen-bond donors (Lipinski definition) is 2. The zero-order valence-corrected chi connectivity index (χ0v) is 9.55. The van der Waals surface area contributed by atoms with Crippen LogP contribution in [0.1, 0.15) is 11.1 Å². The Hall–Kier alpha value is -2.62. The van der Waals surface area contributed by atoms with Crippen LogP contribution in [0, 0.1) is 0 Å². The summed E-state index contributed by atoms with van der Waals surface area (Å²) >= 11 is 0. The third-order valence-electron chi connectivity index (χ3n) is 2.82. The van der Waals surface area contributed by atoms with E-state index in [9.17, 15) is 4.79 Å². The van der Waals surface area contributed by atoms with Crippen molar-refractivity contribution in [2.24, 2.45) is 0 Å². The average Bonchev–Trinajstić information content (AvgIpc) is 2.69. The van der Waals surface area contributed by atoms with Crippen LogP contribution < -0.4 is 11.1 Å². The van der Waals surface area contributed by atoms with Gasteiger partial charge < -0.3 is 11.1 Å². The van der Waals surface area contributed by atoms with E-state index in [-0.39, 0.29) is 5.91 Å². The van der Waals surface area contributed by atoms with Crippen LogP contribution in [0.2, 0.25) is 0 Å². The second kappa shape index (κ2) is 4.00. The molecule has 88 valence electrons. The molecule has 4 nitrogen and oxygen atoms in total. The first-order valence-corrected chi connectivity index (χ1v) is 5.58. The normalized spacial score (nSPS) is 15.6. The quantitative estimate of drug-likeness (QED) is 0.590. The molecule has 0 saturated carbocycles. The van der Waals surface area contributed by atoms with Crippen LogP contribution in [0.25, 0.3) is 11.6 Å². The maximum atomic E-state index is 11.9. The lowest BCUT2D eigenvalue weighted by molar-refractivity contribution is -0.110. The molecule has 0 spiro atoms. The summed E-state index contributed by atoms with van der Waals surface area (Å²) in [4.78, 5) is 16.0. The highest BCUT2D eigenvalue weighted by Gasteiger charge is 2.24. The zero-order chi connectivity index (χ0) is 12.5. The average molecular weight is 237 g/mol. The number of nitrogen functional groups attached to an aromatic ring is 1. The Bertz CT molecular complexity index is 644. The van der Waals surface area contributed by atoms with E-state index in [4.69, 9.17) is 5.73 Å². The first kappa shape index (κ1) is 10.5. The third-order valence-corrected chi connectivity index (χ3v) is 2.82. The van der Waals surface area contributed by atoms with E-state index in [2.05, 4.69) is 10.3 Å². The zero-order valence-electron chi connectivity index (χ0n) is 9.55. The minimum absolute atomic E-state index is 0.125. The number of nitrogens with one attached hydrogen (secondary N) is 1. The Kier molecular flexibility index (Phi) is 2.34. The van der Waals surface area contributed by atoms with Crippen molar-refractivity contribution >= 4 is 29.1 Å². The van der Waals surface area contributed by atoms with Crippen molar-refractivity contribution in [3.05, 3.63) is 53.7 Å². The molecule has 1 aliphatic heterocycles. The molecule has 1 aromatic carbocycles. The molecule has 3 N–H and O–H groups in total. The fourth-order valence-corrected chi connectivity index (χ4v) is 1.92. The molecule has 0 saturated heterocycles. The molecular formula is C14H11N3O. The molecule has 1 aliphatic rings. The van der Waals surface area contributed by atoms with Crippen LogP contribution in [0.4, 0.5) is 11.5 Å². The van der Waals surface area contributed by atoms with Crippen LogP contribution >= 0.6 is 0 Å². The smallest absolute Gasteiger partial charge is 0.257 e. The molecule has 0 fully saturated rings. The van der Waals surface area contributed by atoms with Crippen molar-refractivity contribution in [1.29, 1.82) is 0 Å². The molecular weight excluding hydrogens is 226 g/mol. The maximum Gasteiger partial charge on any atom is 0.257 e. The van der Waals surface area contributed by atoms with Gasteiger partial charge in [0.1, 0.15) is 5.82 Å². The number of benzene rings is 1. The van der Waals surface area contributed by atoms with Gasteiger partial charge in [-0.25, -0.2) is 4.98 Å². The van der Waals surface area contributed by atoms with Crippen LogP contribution in [-0.2, 0) is 4.79 Å². The van der Waals surface area contributed by atoms with E-state index in [1.807, 2.05) is 42.5 Å². The molecule has 18 heavy (non-hydrogen) atoms. The van der Waals surface area contributed by atoms with Gasteiger partial charge in [0, 0.05) is 17.4 Å². The Balaban J connectivity index is 2.07. The van der Waals surface area contributed by atoms with E-state index < -0.39 is 0 Å². The molecule has 3 rings (SSSR count). The molecule has 2 aromatic rings. The van der Waals surface area contributed by atoms with Gasteiger partial charge in [0.15, 0.2) is 0 Å². The van der Waals surface area contributed by atoms with E-state index in [1.165, 1.54) is 0 Å². The van der Waals surface area contributed by atoms with Crippen molar-refractivity contribution in [1.82, 2.24) is 4.98 Å². The van der Waals surface area contributed by atoms with Gasteiger partial charge in [0.2, 0.25) is 0 Å². The van der Waals surface area contributed by atoms with Crippen molar-refractivity contribution < 1.29 is 4.79 Å². The minimum Gasteiger partial charge on any atom is -0.399 e. The number of hydrogen-bond acceptors (Lipinski definition) is 3. The Morgan fingerprint density at radius 1 is 1.17 bits per heavy atom. The van der Waals surface area contributed by atoms with Gasteiger partial charge in [0.05, 0.1) is 5.57 Å². The summed E-state index contributed by atoms with van der Waals surface area (Å²) in [5.74, 6) is 0.490. The van der Waals surface area contributed by atoms with Crippen LogP contribution in [0.3, 0.4) is 0 Å². The SMILES string of the molecule is Nc1ccc(C=C2C(=O)Nc3ncccc32)cc1. The molecule has 1 aromatic heterocycles. The van der Waals surface area contributed by atoms with Gasteiger partial charge in [-0.2, -0.15) is 0 Å². The van der Waals surface area contributed by atoms with Gasteiger partial charge in [-0.1, -0.05) is 12.1 Å². The number of fused-ring (bicyclic) bond motifs is 1. The summed E-state index contributed by atoms with van der Waals surface area (Å²) < 4.78 is 0. The standard InChI is InChI=1S/C14H11N3O/c15-10-5-3-9(4-6-10)8-12-11-2-1-7-16-13(11)17-14(12)18/h1-8H,15H2,(H,16,17,18). The van der Waals surface area contributed by atoms with Gasteiger partial charge >= 0.3 is 0 Å². The molecule has 1 amide bonds. The first-order chi connectivity index (χ1) is 8.74. The lowest BCUT2D eigenvalue weighted by Crippen LogP contribution is -2.04. The fourth-order valence-electron chi connectivity index (χ4n) is 1.92. The van der Waals surface area contributed by atoms with Crippen molar-refractivity contribution in [2.75, 3.05) is 11.1 Å². The molecule has 4 heteroatoms. The largest absolute Gasteiger partial charge is 0.399 e. The number of pyridine rings is 1. The molecule has 0 aliphatic carbocycles. The van der Waals surface area contributed by atoms with Crippen molar-refractivity contribution in [3.8, 4) is 0 Å². The van der Waals surface area contributed by atoms with Crippen LogP contribution in [-0.4, -0.2) is 10.9 Å². The lowest BCUT2D eigenvalue weighted by Gasteiger charge is -1.98. The number of nitrogens with zero attached hydrogens (tertiary/aromatic N) is 1. The number of amides is 1. The van der Waals surface area contributed by atoms with E-state index >= 15 is 0 Å². The number of carbonyl (C=O) groups is 1. The second-order valence-corrected chi connectivity index (χ2v) is 4.08. The second-order valence-electron chi connectivity index (χ2n) is 4.08. The highest BCUT2D eigenvalue weighted by molar-refractivity contribution is 6.34. The van der Waals surface area contributed by atoms with Crippen LogP contribution in [0.15, 0.2) is 42.6 Å². The van der Waals surface area contributed by atoms with Gasteiger partial charge in [-0.3, -0.25) is 4.79 Å². The minimum atomic E-state index is -0.125.